The van der Waals surface area contributed by atoms with Gasteiger partial charge in [0.2, 0.25) is 0 Å². The van der Waals surface area contributed by atoms with Crippen LogP contribution in [0.4, 0.5) is 10.1 Å². The first kappa shape index (κ1) is 16.6. The Kier molecular flexibility index (Phi) is 5.22. The van der Waals surface area contributed by atoms with E-state index in [1.807, 2.05) is 22.4 Å². The van der Waals surface area contributed by atoms with Crippen LogP contribution in [0.3, 0.4) is 0 Å². The lowest BCUT2D eigenvalue weighted by molar-refractivity contribution is -0.895. The molecule has 5 nitrogen and oxygen atoms in total. The molecule has 0 bridgehead atoms. The molecule has 7 heteroatoms. The summed E-state index contributed by atoms with van der Waals surface area (Å²) in [5.41, 5.74) is 0.590. The highest BCUT2D eigenvalue weighted by Gasteiger charge is 2.26. The number of carbonyl (C=O) groups is 2. The Bertz CT molecular complexity index is 695. The number of hydrogen-bond acceptors (Lipinski definition) is 3. The van der Waals surface area contributed by atoms with Crippen molar-refractivity contribution < 1.29 is 18.9 Å². The zero-order valence-electron chi connectivity index (χ0n) is 13.1. The van der Waals surface area contributed by atoms with Gasteiger partial charge in [-0.1, -0.05) is 6.07 Å². The van der Waals surface area contributed by atoms with Gasteiger partial charge in [-0.25, -0.2) is 4.39 Å². The van der Waals surface area contributed by atoms with Crippen molar-refractivity contribution in [1.82, 2.24) is 4.90 Å². The molecule has 2 aromatic rings. The van der Waals surface area contributed by atoms with Crippen LogP contribution in [-0.4, -0.2) is 49.4 Å². The van der Waals surface area contributed by atoms with Crippen LogP contribution < -0.4 is 10.2 Å². The van der Waals surface area contributed by atoms with E-state index in [1.54, 1.807) is 12.1 Å². The summed E-state index contributed by atoms with van der Waals surface area (Å²) in [5.74, 6) is -0.361. The smallest absolute Gasteiger partial charge is 0.279 e. The molecule has 0 saturated carbocycles. The molecule has 0 aliphatic carbocycles. The quantitative estimate of drug-likeness (QED) is 0.861. The Morgan fingerprint density at radius 2 is 1.88 bits per heavy atom. The van der Waals surface area contributed by atoms with Crippen molar-refractivity contribution in [3.63, 3.8) is 0 Å². The van der Waals surface area contributed by atoms with Crippen LogP contribution in [0, 0.1) is 5.82 Å². The predicted octanol–water partition coefficient (Wildman–Crippen LogP) is 0.867. The number of halogens is 1. The van der Waals surface area contributed by atoms with Gasteiger partial charge in [0.15, 0.2) is 6.54 Å². The van der Waals surface area contributed by atoms with Gasteiger partial charge in [0.25, 0.3) is 11.8 Å². The highest BCUT2D eigenvalue weighted by atomic mass is 32.1. The summed E-state index contributed by atoms with van der Waals surface area (Å²) in [4.78, 5) is 28.1. The van der Waals surface area contributed by atoms with Crippen molar-refractivity contribution in [2.45, 2.75) is 0 Å². The highest BCUT2D eigenvalue weighted by Crippen LogP contribution is 2.12. The van der Waals surface area contributed by atoms with Gasteiger partial charge in [-0.2, -0.15) is 0 Å². The minimum Gasteiger partial charge on any atom is -0.327 e. The van der Waals surface area contributed by atoms with E-state index in [0.717, 1.165) is 22.9 Å². The summed E-state index contributed by atoms with van der Waals surface area (Å²) in [7, 11) is 0. The number of rotatable bonds is 4. The molecule has 2 heterocycles. The van der Waals surface area contributed by atoms with E-state index in [-0.39, 0.29) is 17.6 Å². The SMILES string of the molecule is O=C(C[NH+]1CCN(C(=O)c2cccs2)CC1)Nc1ccc(F)cc1. The largest absolute Gasteiger partial charge is 0.327 e. The van der Waals surface area contributed by atoms with Gasteiger partial charge in [-0.3, -0.25) is 9.59 Å². The lowest BCUT2D eigenvalue weighted by Crippen LogP contribution is -3.15. The van der Waals surface area contributed by atoms with E-state index in [2.05, 4.69) is 5.32 Å². The average molecular weight is 348 g/mol. The molecule has 3 rings (SSSR count). The van der Waals surface area contributed by atoms with Crippen molar-refractivity contribution >= 4 is 28.8 Å². The molecule has 1 aromatic heterocycles. The summed E-state index contributed by atoms with van der Waals surface area (Å²) < 4.78 is 12.9. The van der Waals surface area contributed by atoms with Gasteiger partial charge >= 0.3 is 0 Å². The maximum Gasteiger partial charge on any atom is 0.279 e. The summed E-state index contributed by atoms with van der Waals surface area (Å²) in [5, 5.41) is 4.66. The number of anilines is 1. The van der Waals surface area contributed by atoms with E-state index in [9.17, 15) is 14.0 Å². The summed E-state index contributed by atoms with van der Waals surface area (Å²) in [6.07, 6.45) is 0. The molecular weight excluding hydrogens is 329 g/mol. The number of hydrogen-bond donors (Lipinski definition) is 2. The van der Waals surface area contributed by atoms with Crippen LogP contribution in [0.1, 0.15) is 9.67 Å². The second kappa shape index (κ2) is 7.55. The molecule has 24 heavy (non-hydrogen) atoms. The molecular formula is C17H19FN3O2S+. The number of nitrogens with one attached hydrogen (secondary N) is 2. The van der Waals surface area contributed by atoms with Crippen LogP contribution in [-0.2, 0) is 4.79 Å². The molecule has 1 saturated heterocycles. The number of nitrogens with zero attached hydrogens (tertiary/aromatic N) is 1. The first-order valence-electron chi connectivity index (χ1n) is 7.83. The molecule has 2 amide bonds. The molecule has 1 aromatic carbocycles. The maximum absolute atomic E-state index is 12.9. The minimum absolute atomic E-state index is 0.0693. The van der Waals surface area contributed by atoms with Gasteiger partial charge in [0.05, 0.1) is 31.1 Å². The number of quaternary nitrogens is 1. The third kappa shape index (κ3) is 4.18. The van der Waals surface area contributed by atoms with Crippen LogP contribution in [0.2, 0.25) is 0 Å². The number of piperazine rings is 1. The fourth-order valence-corrected chi connectivity index (χ4v) is 3.42. The van der Waals surface area contributed by atoms with E-state index in [4.69, 9.17) is 0 Å². The second-order valence-electron chi connectivity index (χ2n) is 5.75. The lowest BCUT2D eigenvalue weighted by Gasteiger charge is -2.31. The lowest BCUT2D eigenvalue weighted by atomic mass is 10.2. The Hall–Kier alpha value is -2.25. The fraction of sp³-hybridized carbons (Fsp3) is 0.294. The molecule has 0 atom stereocenters. The predicted molar refractivity (Wildman–Crippen MR) is 90.8 cm³/mol. The Balaban J connectivity index is 1.46. The maximum atomic E-state index is 12.9. The fourth-order valence-electron chi connectivity index (χ4n) is 2.72. The Morgan fingerprint density at radius 3 is 2.50 bits per heavy atom. The number of carbonyl (C=O) groups excluding carboxylic acids is 2. The molecule has 0 unspecified atom stereocenters. The van der Waals surface area contributed by atoms with Gasteiger partial charge < -0.3 is 15.1 Å². The monoisotopic (exact) mass is 348 g/mol. The summed E-state index contributed by atoms with van der Waals surface area (Å²) in [6, 6.07) is 9.43. The van der Waals surface area contributed by atoms with Crippen molar-refractivity contribution in [2.75, 3.05) is 38.0 Å². The van der Waals surface area contributed by atoms with Crippen LogP contribution >= 0.6 is 11.3 Å². The van der Waals surface area contributed by atoms with Gasteiger partial charge in [-0.15, -0.1) is 11.3 Å². The van der Waals surface area contributed by atoms with E-state index < -0.39 is 0 Å². The van der Waals surface area contributed by atoms with E-state index in [1.165, 1.54) is 23.5 Å². The first-order chi connectivity index (χ1) is 11.6. The number of amides is 2. The number of benzene rings is 1. The van der Waals surface area contributed by atoms with Crippen LogP contribution in [0.5, 0.6) is 0 Å². The zero-order chi connectivity index (χ0) is 16.9. The topological polar surface area (TPSA) is 53.9 Å². The third-order valence-corrected chi connectivity index (χ3v) is 4.89. The molecule has 1 fully saturated rings. The molecule has 126 valence electrons. The van der Waals surface area contributed by atoms with Crippen molar-refractivity contribution in [2.24, 2.45) is 0 Å². The third-order valence-electron chi connectivity index (χ3n) is 4.03. The van der Waals surface area contributed by atoms with Gasteiger partial charge in [0, 0.05) is 5.69 Å². The average Bonchev–Trinajstić information content (AvgIpc) is 3.11. The van der Waals surface area contributed by atoms with Crippen LogP contribution in [0.15, 0.2) is 41.8 Å². The standard InChI is InChI=1S/C17H18FN3O2S/c18-13-3-5-14(6-4-13)19-16(22)12-20-7-9-21(10-8-20)17(23)15-2-1-11-24-15/h1-6,11H,7-10,12H2,(H,19,22)/p+1. The van der Waals surface area contributed by atoms with Gasteiger partial charge in [-0.05, 0) is 35.7 Å². The normalized spacial score (nSPS) is 15.3. The van der Waals surface area contributed by atoms with E-state index >= 15 is 0 Å². The first-order valence-corrected chi connectivity index (χ1v) is 8.71. The second-order valence-corrected chi connectivity index (χ2v) is 6.70. The summed E-state index contributed by atoms with van der Waals surface area (Å²) in [6.45, 7) is 3.13. The minimum atomic E-state index is -0.329. The Morgan fingerprint density at radius 1 is 1.17 bits per heavy atom. The molecule has 1 aliphatic rings. The van der Waals surface area contributed by atoms with Crippen molar-refractivity contribution in [1.29, 1.82) is 0 Å². The Labute approximate surface area is 143 Å². The van der Waals surface area contributed by atoms with Crippen molar-refractivity contribution in [3.05, 3.63) is 52.5 Å². The number of thiophene rings is 1. The van der Waals surface area contributed by atoms with Crippen LogP contribution in [0.25, 0.3) is 0 Å². The highest BCUT2D eigenvalue weighted by molar-refractivity contribution is 7.12. The van der Waals surface area contributed by atoms with Crippen molar-refractivity contribution in [3.8, 4) is 0 Å². The molecule has 1 aliphatic heterocycles. The molecule has 0 spiro atoms. The molecule has 0 radical (unpaired) electrons. The van der Waals surface area contributed by atoms with E-state index in [0.29, 0.717) is 25.3 Å². The zero-order valence-corrected chi connectivity index (χ0v) is 13.9. The van der Waals surface area contributed by atoms with Gasteiger partial charge in [0.1, 0.15) is 5.82 Å². The summed E-state index contributed by atoms with van der Waals surface area (Å²) >= 11 is 1.45. The molecule has 2 N–H and O–H groups in total.